The van der Waals surface area contributed by atoms with E-state index in [1.165, 1.54) is 31.1 Å². The number of likely N-dealkylation sites (tertiary alicyclic amines) is 1. The van der Waals surface area contributed by atoms with E-state index in [9.17, 15) is 28.6 Å². The molecule has 2 fully saturated rings. The van der Waals surface area contributed by atoms with Crippen LogP contribution in [0.4, 0.5) is 8.78 Å². The molecule has 0 aliphatic carbocycles. The molecule has 2 amide bonds. The van der Waals surface area contributed by atoms with E-state index in [4.69, 9.17) is 9.47 Å². The summed E-state index contributed by atoms with van der Waals surface area (Å²) in [4.78, 5) is 29.1. The zero-order valence-electron chi connectivity index (χ0n) is 19.6. The van der Waals surface area contributed by atoms with Crippen molar-refractivity contribution in [3.63, 3.8) is 0 Å². The molecule has 0 spiro atoms. The molecule has 2 aliphatic rings. The molecule has 0 aromatic heterocycles. The molecular weight excluding hydrogens is 452 g/mol. The Kier molecular flexibility index (Phi) is 8.45. The van der Waals surface area contributed by atoms with E-state index in [-0.39, 0.29) is 50.3 Å². The molecule has 0 unspecified atom stereocenters. The van der Waals surface area contributed by atoms with Crippen molar-refractivity contribution in [2.75, 3.05) is 66.1 Å². The molecule has 2 saturated heterocycles. The minimum absolute atomic E-state index is 0.0411. The van der Waals surface area contributed by atoms with Gasteiger partial charge < -0.3 is 29.5 Å². The average molecular weight is 486 g/mol. The number of carbonyl (C=O) groups excluding carboxylic acids is 2. The van der Waals surface area contributed by atoms with Gasteiger partial charge in [-0.05, 0) is 25.0 Å². The lowest BCUT2D eigenvalue weighted by Crippen LogP contribution is -2.56. The summed E-state index contributed by atoms with van der Waals surface area (Å²) in [5.74, 6) is -2.93. The van der Waals surface area contributed by atoms with Crippen molar-refractivity contribution in [3.8, 4) is 5.75 Å². The first-order valence-corrected chi connectivity index (χ1v) is 11.3. The number of aliphatic hydroxyl groups is 2. The van der Waals surface area contributed by atoms with E-state index in [0.29, 0.717) is 32.5 Å². The summed E-state index contributed by atoms with van der Waals surface area (Å²) >= 11 is 0. The number of amides is 2. The van der Waals surface area contributed by atoms with Crippen LogP contribution >= 0.6 is 0 Å². The highest BCUT2D eigenvalue weighted by Crippen LogP contribution is 2.27. The largest absolute Gasteiger partial charge is 0.487 e. The Morgan fingerprint density at radius 3 is 2.38 bits per heavy atom. The molecule has 1 aromatic carbocycles. The fourth-order valence-corrected chi connectivity index (χ4v) is 4.52. The molecule has 0 radical (unpaired) electrons. The van der Waals surface area contributed by atoms with E-state index in [1.54, 1.807) is 4.90 Å². The molecule has 2 N–H and O–H groups in total. The molecule has 0 bridgehead atoms. The first-order chi connectivity index (χ1) is 16.0. The van der Waals surface area contributed by atoms with Crippen LogP contribution in [0, 0.1) is 11.6 Å². The highest BCUT2D eigenvalue weighted by Gasteiger charge is 2.41. The van der Waals surface area contributed by atoms with Crippen LogP contribution in [-0.4, -0.2) is 114 Å². The van der Waals surface area contributed by atoms with Crippen molar-refractivity contribution >= 4 is 11.8 Å². The number of rotatable bonds is 7. The Balaban J connectivity index is 1.73. The van der Waals surface area contributed by atoms with Gasteiger partial charge in [0.15, 0.2) is 11.6 Å². The summed E-state index contributed by atoms with van der Waals surface area (Å²) in [7, 11) is 1.40. The van der Waals surface area contributed by atoms with Gasteiger partial charge in [-0.25, -0.2) is 4.39 Å². The third-order valence-corrected chi connectivity index (χ3v) is 6.38. The Morgan fingerprint density at radius 1 is 1.03 bits per heavy atom. The van der Waals surface area contributed by atoms with Crippen LogP contribution in [0.2, 0.25) is 0 Å². The number of carbonyl (C=O) groups is 2. The summed E-state index contributed by atoms with van der Waals surface area (Å²) < 4.78 is 38.0. The molecule has 2 heterocycles. The maximum absolute atomic E-state index is 14.1. The van der Waals surface area contributed by atoms with Gasteiger partial charge in [0.2, 0.25) is 17.6 Å². The molecule has 11 heteroatoms. The van der Waals surface area contributed by atoms with Gasteiger partial charge in [-0.3, -0.25) is 14.5 Å². The third-order valence-electron chi connectivity index (χ3n) is 6.38. The SMILES string of the molecule is COCC(=O)N1CCN(CC2(O)CCN(C(C)=O)CC2)C[C@@](O)(COc2cccc(F)c2F)C1. The lowest BCUT2D eigenvalue weighted by atomic mass is 9.90. The summed E-state index contributed by atoms with van der Waals surface area (Å²) in [5, 5.41) is 22.5. The normalized spacial score (nSPS) is 23.5. The van der Waals surface area contributed by atoms with Crippen LogP contribution in [0.15, 0.2) is 18.2 Å². The van der Waals surface area contributed by atoms with Gasteiger partial charge in [0.1, 0.15) is 18.8 Å². The summed E-state index contributed by atoms with van der Waals surface area (Å²) in [6.07, 6.45) is 0.775. The summed E-state index contributed by atoms with van der Waals surface area (Å²) in [5.41, 5.74) is -2.68. The van der Waals surface area contributed by atoms with Crippen LogP contribution in [0.25, 0.3) is 0 Å². The van der Waals surface area contributed by atoms with E-state index in [1.807, 2.05) is 4.90 Å². The van der Waals surface area contributed by atoms with Crippen molar-refractivity contribution in [1.29, 1.82) is 0 Å². The molecule has 1 atom stereocenters. The molecule has 190 valence electrons. The Hall–Kier alpha value is -2.34. The fourth-order valence-electron chi connectivity index (χ4n) is 4.52. The topological polar surface area (TPSA) is 103 Å². The highest BCUT2D eigenvalue weighted by atomic mass is 19.2. The monoisotopic (exact) mass is 485 g/mol. The number of halogens is 2. The zero-order valence-corrected chi connectivity index (χ0v) is 19.6. The van der Waals surface area contributed by atoms with Crippen LogP contribution in [0.5, 0.6) is 5.75 Å². The first kappa shape index (κ1) is 26.3. The van der Waals surface area contributed by atoms with Gasteiger partial charge in [-0.2, -0.15) is 4.39 Å². The summed E-state index contributed by atoms with van der Waals surface area (Å²) in [6, 6.07) is 3.53. The second-order valence-corrected chi connectivity index (χ2v) is 9.25. The maximum Gasteiger partial charge on any atom is 0.248 e. The van der Waals surface area contributed by atoms with Crippen molar-refractivity contribution in [3.05, 3.63) is 29.8 Å². The van der Waals surface area contributed by atoms with Crippen LogP contribution in [0.1, 0.15) is 19.8 Å². The lowest BCUT2D eigenvalue weighted by molar-refractivity contribution is -0.139. The number of benzene rings is 1. The second-order valence-electron chi connectivity index (χ2n) is 9.25. The number of hydrogen-bond donors (Lipinski definition) is 2. The minimum Gasteiger partial charge on any atom is -0.487 e. The van der Waals surface area contributed by atoms with Gasteiger partial charge in [0.05, 0.1) is 12.1 Å². The van der Waals surface area contributed by atoms with E-state index in [2.05, 4.69) is 0 Å². The third kappa shape index (κ3) is 6.62. The van der Waals surface area contributed by atoms with Gasteiger partial charge in [0, 0.05) is 53.3 Å². The molecule has 2 aliphatic heterocycles. The number of piperidine rings is 1. The molecule has 3 rings (SSSR count). The number of methoxy groups -OCH3 is 1. The van der Waals surface area contributed by atoms with Crippen LogP contribution in [-0.2, 0) is 14.3 Å². The Bertz CT molecular complexity index is 880. The van der Waals surface area contributed by atoms with Crippen molar-refractivity contribution in [1.82, 2.24) is 14.7 Å². The standard InChI is InChI=1S/C23H33F2N3O6/c1-17(29)27-8-6-22(31,7-9-27)13-26-10-11-28(20(30)12-33-2)15-23(32,14-26)16-34-19-5-3-4-18(24)21(19)25/h3-5,31-32H,6-16H2,1-2H3/t23-/m0/s1. The fraction of sp³-hybridized carbons (Fsp3) is 0.652. The molecule has 1 aromatic rings. The molecule has 9 nitrogen and oxygen atoms in total. The number of nitrogens with zero attached hydrogens (tertiary/aromatic N) is 3. The predicted molar refractivity (Wildman–Crippen MR) is 118 cm³/mol. The lowest BCUT2D eigenvalue weighted by Gasteiger charge is -2.41. The quantitative estimate of drug-likeness (QED) is 0.570. The Morgan fingerprint density at radius 2 is 1.74 bits per heavy atom. The number of hydrogen-bond acceptors (Lipinski definition) is 7. The van der Waals surface area contributed by atoms with E-state index in [0.717, 1.165) is 6.07 Å². The van der Waals surface area contributed by atoms with Gasteiger partial charge in [-0.15, -0.1) is 0 Å². The number of β-amino-alcohol motifs (C(OH)–C–C–N with tert-alkyl or cyclic N) is 2. The van der Waals surface area contributed by atoms with Crippen LogP contribution in [0.3, 0.4) is 0 Å². The van der Waals surface area contributed by atoms with Crippen molar-refractivity contribution in [2.24, 2.45) is 0 Å². The zero-order chi connectivity index (χ0) is 24.9. The maximum atomic E-state index is 14.1. The molecule has 0 saturated carbocycles. The van der Waals surface area contributed by atoms with Crippen molar-refractivity contribution in [2.45, 2.75) is 31.0 Å². The van der Waals surface area contributed by atoms with Gasteiger partial charge >= 0.3 is 0 Å². The number of ether oxygens (including phenoxy) is 2. The highest BCUT2D eigenvalue weighted by molar-refractivity contribution is 5.77. The van der Waals surface area contributed by atoms with Gasteiger partial charge in [-0.1, -0.05) is 6.07 Å². The van der Waals surface area contributed by atoms with Gasteiger partial charge in [0.25, 0.3) is 0 Å². The van der Waals surface area contributed by atoms with Crippen molar-refractivity contribution < 1.29 is 38.1 Å². The van der Waals surface area contributed by atoms with Crippen LogP contribution < -0.4 is 4.74 Å². The van der Waals surface area contributed by atoms with E-state index < -0.39 is 29.4 Å². The minimum atomic E-state index is -1.62. The first-order valence-electron chi connectivity index (χ1n) is 11.3. The predicted octanol–water partition coefficient (Wildman–Crippen LogP) is 0.239. The molecule has 34 heavy (non-hydrogen) atoms. The summed E-state index contributed by atoms with van der Waals surface area (Å²) in [6.45, 7) is 2.64. The second kappa shape index (κ2) is 10.9. The smallest absolute Gasteiger partial charge is 0.248 e. The molecular formula is C23H33F2N3O6. The van der Waals surface area contributed by atoms with E-state index >= 15 is 0 Å². The average Bonchev–Trinajstić information content (AvgIpc) is 2.94. The Labute approximate surface area is 197 Å².